The molecule has 1 fully saturated rings. The third-order valence-electron chi connectivity index (χ3n) is 4.82. The van der Waals surface area contributed by atoms with Gasteiger partial charge in [-0.2, -0.15) is 5.26 Å². The van der Waals surface area contributed by atoms with Crippen molar-refractivity contribution in [2.45, 2.75) is 25.0 Å². The molecule has 4 nitrogen and oxygen atoms in total. The molecule has 2 aliphatic rings. The molecular formula is C19H18N2O2. The monoisotopic (exact) mass is 306 g/mol. The number of rotatable bonds is 1. The van der Waals surface area contributed by atoms with Gasteiger partial charge in [-0.3, -0.25) is 0 Å². The van der Waals surface area contributed by atoms with Crippen LogP contribution in [0.5, 0.6) is 5.75 Å². The van der Waals surface area contributed by atoms with E-state index in [1.807, 2.05) is 36.4 Å². The number of phenols is 1. The maximum absolute atomic E-state index is 9.81. The van der Waals surface area contributed by atoms with Crippen LogP contribution in [0.3, 0.4) is 0 Å². The van der Waals surface area contributed by atoms with Crippen LogP contribution in [0.15, 0.2) is 42.5 Å². The molecule has 0 aromatic heterocycles. The fourth-order valence-electron chi connectivity index (χ4n) is 3.79. The zero-order valence-electron chi connectivity index (χ0n) is 12.7. The second-order valence-corrected chi connectivity index (χ2v) is 6.23. The highest BCUT2D eigenvalue weighted by Gasteiger charge is 2.39. The number of ether oxygens (including phenoxy) is 1. The molecule has 4 rings (SSSR count). The Labute approximate surface area is 135 Å². The Morgan fingerprint density at radius 2 is 2.13 bits per heavy atom. The summed E-state index contributed by atoms with van der Waals surface area (Å²) >= 11 is 0. The summed E-state index contributed by atoms with van der Waals surface area (Å²) in [5, 5.41) is 22.6. The number of nitrogens with zero attached hydrogens (tertiary/aromatic N) is 1. The third kappa shape index (κ3) is 2.43. The van der Waals surface area contributed by atoms with Crippen molar-refractivity contribution >= 4 is 5.69 Å². The van der Waals surface area contributed by atoms with Crippen LogP contribution in [0, 0.1) is 17.2 Å². The number of hydrogen-bond acceptors (Lipinski definition) is 4. The van der Waals surface area contributed by atoms with Crippen LogP contribution in [0.25, 0.3) is 0 Å². The van der Waals surface area contributed by atoms with E-state index in [1.54, 1.807) is 6.07 Å². The fraction of sp³-hybridized carbons (Fsp3) is 0.316. The van der Waals surface area contributed by atoms with Gasteiger partial charge in [-0.1, -0.05) is 12.1 Å². The first kappa shape index (κ1) is 14.1. The van der Waals surface area contributed by atoms with Crippen molar-refractivity contribution in [3.63, 3.8) is 0 Å². The number of benzene rings is 2. The summed E-state index contributed by atoms with van der Waals surface area (Å²) in [5.41, 5.74) is 3.82. The third-order valence-corrected chi connectivity index (χ3v) is 4.82. The van der Waals surface area contributed by atoms with E-state index >= 15 is 0 Å². The van der Waals surface area contributed by atoms with Gasteiger partial charge in [-0.05, 0) is 48.7 Å². The van der Waals surface area contributed by atoms with Crippen molar-refractivity contribution in [2.75, 3.05) is 11.9 Å². The molecule has 3 atom stereocenters. The van der Waals surface area contributed by atoms with Crippen molar-refractivity contribution in [1.29, 1.82) is 5.26 Å². The maximum Gasteiger partial charge on any atom is 0.115 e. The Kier molecular flexibility index (Phi) is 3.44. The van der Waals surface area contributed by atoms with Gasteiger partial charge in [-0.15, -0.1) is 0 Å². The lowest BCUT2D eigenvalue weighted by molar-refractivity contribution is -0.0381. The number of hydrogen-bond donors (Lipinski definition) is 2. The summed E-state index contributed by atoms with van der Waals surface area (Å²) in [6.07, 6.45) is 2.10. The minimum atomic E-state index is 0.000601. The lowest BCUT2D eigenvalue weighted by Crippen LogP contribution is -2.36. The number of nitrogens with one attached hydrogen (secondary N) is 1. The minimum absolute atomic E-state index is 0.000601. The number of anilines is 1. The minimum Gasteiger partial charge on any atom is -0.508 e. The molecule has 2 aromatic carbocycles. The highest BCUT2D eigenvalue weighted by Crippen LogP contribution is 2.49. The number of nitriles is 1. The van der Waals surface area contributed by atoms with E-state index in [0.29, 0.717) is 11.5 Å². The van der Waals surface area contributed by atoms with Crippen molar-refractivity contribution in [2.24, 2.45) is 5.92 Å². The molecule has 0 radical (unpaired) electrons. The molecule has 4 heteroatoms. The van der Waals surface area contributed by atoms with Gasteiger partial charge in [-0.25, -0.2) is 0 Å². The van der Waals surface area contributed by atoms with Gasteiger partial charge in [0.25, 0.3) is 0 Å². The molecule has 1 saturated heterocycles. The summed E-state index contributed by atoms with van der Waals surface area (Å²) in [6.45, 7) is 0.754. The molecule has 0 unspecified atom stereocenters. The van der Waals surface area contributed by atoms with Gasteiger partial charge in [0.1, 0.15) is 5.75 Å². The van der Waals surface area contributed by atoms with Crippen LogP contribution in [0.1, 0.15) is 41.7 Å². The molecule has 0 aliphatic carbocycles. The Balaban J connectivity index is 1.79. The van der Waals surface area contributed by atoms with E-state index in [0.717, 1.165) is 36.3 Å². The predicted molar refractivity (Wildman–Crippen MR) is 87.0 cm³/mol. The van der Waals surface area contributed by atoms with Crippen LogP contribution in [-0.4, -0.2) is 11.7 Å². The van der Waals surface area contributed by atoms with E-state index in [4.69, 9.17) is 10.00 Å². The Morgan fingerprint density at radius 1 is 1.22 bits per heavy atom. The number of phenolic OH excluding ortho intramolecular Hbond substituents is 1. The summed E-state index contributed by atoms with van der Waals surface area (Å²) in [4.78, 5) is 0. The summed E-state index contributed by atoms with van der Waals surface area (Å²) < 4.78 is 6.08. The first-order valence-corrected chi connectivity index (χ1v) is 7.97. The molecule has 0 saturated carbocycles. The van der Waals surface area contributed by atoms with Gasteiger partial charge in [0.05, 0.1) is 23.8 Å². The molecule has 116 valence electrons. The Morgan fingerprint density at radius 3 is 2.96 bits per heavy atom. The predicted octanol–water partition coefficient (Wildman–Crippen LogP) is 3.90. The van der Waals surface area contributed by atoms with Crippen LogP contribution in [0.2, 0.25) is 0 Å². The van der Waals surface area contributed by atoms with Gasteiger partial charge >= 0.3 is 0 Å². The molecule has 2 aliphatic heterocycles. The zero-order chi connectivity index (χ0) is 15.8. The standard InChI is InChI=1S/C19H18N2O2/c20-11-12-6-7-17-16(9-12)19-15(5-2-8-23-19)18(21-17)13-3-1-4-14(22)10-13/h1,3-4,6-7,9-10,15,18-19,21-22H,2,5,8H2/t15-,18+,19+/m1/s1. The largest absolute Gasteiger partial charge is 0.508 e. The van der Waals surface area contributed by atoms with E-state index < -0.39 is 0 Å². The average molecular weight is 306 g/mol. The number of fused-ring (bicyclic) bond motifs is 3. The Hall–Kier alpha value is -2.51. The molecular weight excluding hydrogens is 288 g/mol. The van der Waals surface area contributed by atoms with Crippen LogP contribution < -0.4 is 5.32 Å². The second kappa shape index (κ2) is 5.60. The van der Waals surface area contributed by atoms with Gasteiger partial charge in [0, 0.05) is 23.8 Å². The van der Waals surface area contributed by atoms with Gasteiger partial charge < -0.3 is 15.2 Å². The Bertz CT molecular complexity index is 781. The van der Waals surface area contributed by atoms with E-state index in [9.17, 15) is 5.11 Å². The maximum atomic E-state index is 9.81. The smallest absolute Gasteiger partial charge is 0.115 e. The second-order valence-electron chi connectivity index (χ2n) is 6.23. The highest BCUT2D eigenvalue weighted by atomic mass is 16.5. The van der Waals surface area contributed by atoms with E-state index in [1.165, 1.54) is 0 Å². The normalized spacial score (nSPS) is 25.6. The molecule has 2 aromatic rings. The fourth-order valence-corrected chi connectivity index (χ4v) is 3.79. The van der Waals surface area contributed by atoms with E-state index in [2.05, 4.69) is 11.4 Å². The van der Waals surface area contributed by atoms with E-state index in [-0.39, 0.29) is 17.9 Å². The number of aromatic hydroxyl groups is 1. The van der Waals surface area contributed by atoms with Crippen LogP contribution in [-0.2, 0) is 4.74 Å². The summed E-state index contributed by atoms with van der Waals surface area (Å²) in [6, 6.07) is 15.4. The molecule has 2 N–H and O–H groups in total. The zero-order valence-corrected chi connectivity index (χ0v) is 12.7. The SMILES string of the molecule is N#Cc1ccc2c(c1)[C@H]1OCCC[C@@H]1[C@H](c1cccc(O)c1)N2. The topological polar surface area (TPSA) is 65.3 Å². The average Bonchev–Trinajstić information content (AvgIpc) is 2.60. The van der Waals surface area contributed by atoms with Crippen molar-refractivity contribution < 1.29 is 9.84 Å². The summed E-state index contributed by atoms with van der Waals surface area (Å²) in [5.74, 6) is 0.579. The molecule has 0 bridgehead atoms. The van der Waals surface area contributed by atoms with Gasteiger partial charge in [0.15, 0.2) is 0 Å². The van der Waals surface area contributed by atoms with Crippen LogP contribution >= 0.6 is 0 Å². The lowest BCUT2D eigenvalue weighted by atomic mass is 9.77. The molecule has 0 amide bonds. The molecule has 0 spiro atoms. The quantitative estimate of drug-likeness (QED) is 0.838. The molecule has 2 heterocycles. The lowest BCUT2D eigenvalue weighted by Gasteiger charge is -2.43. The van der Waals surface area contributed by atoms with Crippen molar-refractivity contribution in [3.8, 4) is 11.8 Å². The first-order valence-electron chi connectivity index (χ1n) is 7.97. The van der Waals surface area contributed by atoms with Crippen LogP contribution in [0.4, 0.5) is 5.69 Å². The first-order chi connectivity index (χ1) is 11.3. The molecule has 23 heavy (non-hydrogen) atoms. The van der Waals surface area contributed by atoms with Gasteiger partial charge in [0.2, 0.25) is 0 Å². The van der Waals surface area contributed by atoms with Crippen molar-refractivity contribution in [3.05, 3.63) is 59.2 Å². The summed E-state index contributed by atoms with van der Waals surface area (Å²) in [7, 11) is 0. The highest BCUT2D eigenvalue weighted by molar-refractivity contribution is 5.59. The van der Waals surface area contributed by atoms with Crippen molar-refractivity contribution in [1.82, 2.24) is 0 Å².